The lowest BCUT2D eigenvalue weighted by atomic mass is 10.1. The Balaban J connectivity index is 2.08. The van der Waals surface area contributed by atoms with Crippen molar-refractivity contribution >= 4 is 15.9 Å². The van der Waals surface area contributed by atoms with Gasteiger partial charge in [0.1, 0.15) is 0 Å². The van der Waals surface area contributed by atoms with E-state index in [2.05, 4.69) is 28.0 Å². The molecule has 102 valence electrons. The van der Waals surface area contributed by atoms with E-state index in [1.807, 2.05) is 11.6 Å². The maximum Gasteiger partial charge on any atom is 0.0963 e. The minimum absolute atomic E-state index is 0.0221. The molecule has 1 saturated heterocycles. The predicted molar refractivity (Wildman–Crippen MR) is 72.6 cm³/mol. The number of rotatable bonds is 4. The molecule has 1 aromatic heterocycles. The molecule has 2 rings (SSSR count). The molecule has 1 aromatic rings. The van der Waals surface area contributed by atoms with Gasteiger partial charge in [0.25, 0.3) is 0 Å². The van der Waals surface area contributed by atoms with Crippen molar-refractivity contribution in [3.05, 3.63) is 15.9 Å². The lowest BCUT2D eigenvalue weighted by Gasteiger charge is -2.28. The molecule has 0 aromatic carbocycles. The monoisotopic (exact) mass is 317 g/mol. The lowest BCUT2D eigenvalue weighted by Crippen LogP contribution is -2.45. The first-order valence-corrected chi connectivity index (χ1v) is 7.09. The van der Waals surface area contributed by atoms with Crippen LogP contribution < -0.4 is 5.73 Å². The summed E-state index contributed by atoms with van der Waals surface area (Å²) in [4.78, 5) is 0. The Hall–Kier alpha value is -0.430. The molecule has 0 saturated carbocycles. The van der Waals surface area contributed by atoms with Crippen LogP contribution in [0.4, 0.5) is 0 Å². The zero-order valence-electron chi connectivity index (χ0n) is 10.9. The van der Waals surface area contributed by atoms with Crippen LogP contribution in [0.2, 0.25) is 0 Å². The summed E-state index contributed by atoms with van der Waals surface area (Å²) in [6, 6.07) is -0.0667. The van der Waals surface area contributed by atoms with Crippen LogP contribution in [-0.4, -0.2) is 41.7 Å². The second kappa shape index (κ2) is 6.14. The minimum Gasteiger partial charge on any atom is -0.376 e. The van der Waals surface area contributed by atoms with Crippen molar-refractivity contribution in [1.29, 1.82) is 0 Å². The fourth-order valence-corrected chi connectivity index (χ4v) is 2.62. The Morgan fingerprint density at radius 3 is 2.94 bits per heavy atom. The summed E-state index contributed by atoms with van der Waals surface area (Å²) >= 11 is 3.58. The number of hydrogen-bond acceptors (Lipinski definition) is 4. The molecule has 5 nitrogen and oxygen atoms in total. The number of nitrogens with zero attached hydrogens (tertiary/aromatic N) is 2. The van der Waals surface area contributed by atoms with Crippen LogP contribution >= 0.6 is 15.9 Å². The van der Waals surface area contributed by atoms with Crippen LogP contribution in [0.15, 0.2) is 4.47 Å². The third-order valence-corrected chi connectivity index (χ3v) is 4.23. The molecule has 2 atom stereocenters. The molecule has 1 aliphatic rings. The summed E-state index contributed by atoms with van der Waals surface area (Å²) in [6.45, 7) is 6.79. The lowest BCUT2D eigenvalue weighted by molar-refractivity contribution is -0.0969. The molecular weight excluding hydrogens is 298 g/mol. The highest BCUT2D eigenvalue weighted by atomic mass is 79.9. The van der Waals surface area contributed by atoms with Gasteiger partial charge in [-0.1, -0.05) is 0 Å². The van der Waals surface area contributed by atoms with Gasteiger partial charge in [0.05, 0.1) is 41.8 Å². The Bertz CT molecular complexity index is 402. The van der Waals surface area contributed by atoms with Crippen LogP contribution in [-0.2, 0) is 22.4 Å². The van der Waals surface area contributed by atoms with Crippen molar-refractivity contribution in [3.63, 3.8) is 0 Å². The zero-order valence-corrected chi connectivity index (χ0v) is 12.4. The largest absolute Gasteiger partial charge is 0.376 e. The quantitative estimate of drug-likeness (QED) is 0.908. The van der Waals surface area contributed by atoms with Gasteiger partial charge in [-0.3, -0.25) is 4.68 Å². The first-order valence-electron chi connectivity index (χ1n) is 6.30. The highest BCUT2D eigenvalue weighted by Crippen LogP contribution is 2.23. The van der Waals surface area contributed by atoms with E-state index in [0.29, 0.717) is 19.8 Å². The van der Waals surface area contributed by atoms with E-state index in [1.54, 1.807) is 0 Å². The molecule has 0 bridgehead atoms. The van der Waals surface area contributed by atoms with Crippen LogP contribution in [0.1, 0.15) is 18.3 Å². The van der Waals surface area contributed by atoms with E-state index in [0.717, 1.165) is 28.8 Å². The average molecular weight is 318 g/mol. The van der Waals surface area contributed by atoms with Crippen molar-refractivity contribution < 1.29 is 9.47 Å². The zero-order chi connectivity index (χ0) is 13.1. The summed E-state index contributed by atoms with van der Waals surface area (Å²) in [5, 5.41) is 4.47. The SMILES string of the molecule is CCn1nc(C)c(Br)c1CC(N)C1COCCO1. The Morgan fingerprint density at radius 1 is 1.56 bits per heavy atom. The fourth-order valence-electron chi connectivity index (χ4n) is 2.17. The van der Waals surface area contributed by atoms with Gasteiger partial charge in [0, 0.05) is 19.0 Å². The number of nitrogens with two attached hydrogens (primary N) is 1. The third-order valence-electron chi connectivity index (χ3n) is 3.20. The molecule has 2 N–H and O–H groups in total. The maximum absolute atomic E-state index is 6.22. The molecule has 18 heavy (non-hydrogen) atoms. The minimum atomic E-state index is -0.0667. The van der Waals surface area contributed by atoms with Gasteiger partial charge >= 0.3 is 0 Å². The second-order valence-corrected chi connectivity index (χ2v) is 5.31. The van der Waals surface area contributed by atoms with Crippen molar-refractivity contribution in [2.75, 3.05) is 19.8 Å². The van der Waals surface area contributed by atoms with E-state index >= 15 is 0 Å². The van der Waals surface area contributed by atoms with E-state index in [-0.39, 0.29) is 12.1 Å². The highest BCUT2D eigenvalue weighted by Gasteiger charge is 2.24. The van der Waals surface area contributed by atoms with E-state index < -0.39 is 0 Å². The molecule has 0 radical (unpaired) electrons. The first-order chi connectivity index (χ1) is 8.63. The Morgan fingerprint density at radius 2 is 2.33 bits per heavy atom. The van der Waals surface area contributed by atoms with Gasteiger partial charge < -0.3 is 15.2 Å². The van der Waals surface area contributed by atoms with E-state index in [9.17, 15) is 0 Å². The van der Waals surface area contributed by atoms with Crippen LogP contribution in [0, 0.1) is 6.92 Å². The number of aromatic nitrogens is 2. The third kappa shape index (κ3) is 2.93. The van der Waals surface area contributed by atoms with Gasteiger partial charge in [-0.25, -0.2) is 0 Å². The van der Waals surface area contributed by atoms with Crippen LogP contribution in [0.5, 0.6) is 0 Å². The summed E-state index contributed by atoms with van der Waals surface area (Å²) in [7, 11) is 0. The van der Waals surface area contributed by atoms with Gasteiger partial charge in [-0.15, -0.1) is 0 Å². The molecular formula is C12H20BrN3O2. The summed E-state index contributed by atoms with van der Waals surface area (Å²) in [6.07, 6.45) is 0.717. The van der Waals surface area contributed by atoms with Crippen LogP contribution in [0.3, 0.4) is 0 Å². The number of aryl methyl sites for hydroxylation is 2. The van der Waals surface area contributed by atoms with Crippen molar-refractivity contribution in [2.24, 2.45) is 5.73 Å². The fraction of sp³-hybridized carbons (Fsp3) is 0.750. The van der Waals surface area contributed by atoms with Crippen molar-refractivity contribution in [1.82, 2.24) is 9.78 Å². The molecule has 2 heterocycles. The topological polar surface area (TPSA) is 62.3 Å². The van der Waals surface area contributed by atoms with Crippen molar-refractivity contribution in [2.45, 2.75) is 39.0 Å². The van der Waals surface area contributed by atoms with Gasteiger partial charge in [0.2, 0.25) is 0 Å². The molecule has 2 unspecified atom stereocenters. The normalized spacial score (nSPS) is 22.1. The van der Waals surface area contributed by atoms with E-state index in [1.165, 1.54) is 0 Å². The molecule has 0 spiro atoms. The summed E-state index contributed by atoms with van der Waals surface area (Å²) < 4.78 is 14.1. The average Bonchev–Trinajstić information content (AvgIpc) is 2.67. The smallest absolute Gasteiger partial charge is 0.0963 e. The number of ether oxygens (including phenoxy) is 2. The molecule has 1 aliphatic heterocycles. The predicted octanol–water partition coefficient (Wildman–Crippen LogP) is 1.26. The van der Waals surface area contributed by atoms with E-state index in [4.69, 9.17) is 15.2 Å². The molecule has 1 fully saturated rings. The second-order valence-electron chi connectivity index (χ2n) is 4.51. The summed E-state index contributed by atoms with van der Waals surface area (Å²) in [5.41, 5.74) is 8.35. The van der Waals surface area contributed by atoms with Crippen LogP contribution in [0.25, 0.3) is 0 Å². The summed E-state index contributed by atoms with van der Waals surface area (Å²) in [5.74, 6) is 0. The number of hydrogen-bond donors (Lipinski definition) is 1. The number of halogens is 1. The molecule has 0 amide bonds. The molecule has 0 aliphatic carbocycles. The first kappa shape index (κ1) is 14.0. The van der Waals surface area contributed by atoms with Gasteiger partial charge in [-0.05, 0) is 29.8 Å². The maximum atomic E-state index is 6.22. The van der Waals surface area contributed by atoms with Crippen molar-refractivity contribution in [3.8, 4) is 0 Å². The Labute approximate surface area is 116 Å². The Kier molecular flexibility index (Phi) is 4.77. The standard InChI is InChI=1S/C12H20BrN3O2/c1-3-16-10(12(13)8(2)15-16)6-9(14)11-7-17-4-5-18-11/h9,11H,3-7,14H2,1-2H3. The van der Waals surface area contributed by atoms with Gasteiger partial charge in [0.15, 0.2) is 0 Å². The molecule has 6 heteroatoms. The highest BCUT2D eigenvalue weighted by molar-refractivity contribution is 9.10. The van der Waals surface area contributed by atoms with Gasteiger partial charge in [-0.2, -0.15) is 5.10 Å².